The van der Waals surface area contributed by atoms with E-state index in [1.807, 2.05) is 17.5 Å². The zero-order chi connectivity index (χ0) is 12.3. The lowest BCUT2D eigenvalue weighted by Gasteiger charge is -2.12. The third-order valence-corrected chi connectivity index (χ3v) is 3.43. The molecule has 5 heteroatoms. The number of halogens is 1. The molecule has 2 aromatic rings. The van der Waals surface area contributed by atoms with E-state index in [0.717, 1.165) is 10.6 Å². The van der Waals surface area contributed by atoms with E-state index in [0.29, 0.717) is 5.02 Å². The van der Waals surface area contributed by atoms with Gasteiger partial charge in [0.1, 0.15) is 10.9 Å². The van der Waals surface area contributed by atoms with E-state index in [1.54, 1.807) is 18.3 Å². The normalized spacial score (nSPS) is 12.1. The molecule has 0 amide bonds. The highest BCUT2D eigenvalue weighted by Gasteiger charge is 2.25. The van der Waals surface area contributed by atoms with Gasteiger partial charge in [-0.15, -0.1) is 11.3 Å². The van der Waals surface area contributed by atoms with Crippen molar-refractivity contribution in [1.82, 2.24) is 4.98 Å². The zero-order valence-corrected chi connectivity index (χ0v) is 10.7. The fourth-order valence-corrected chi connectivity index (χ4v) is 2.41. The molecule has 0 N–H and O–H groups in total. The third kappa shape index (κ3) is 2.65. The first-order chi connectivity index (χ1) is 8.22. The van der Waals surface area contributed by atoms with Crippen LogP contribution in [0.1, 0.15) is 16.5 Å². The average Bonchev–Trinajstić information content (AvgIpc) is 2.85. The van der Waals surface area contributed by atoms with E-state index in [9.17, 15) is 4.79 Å². The second-order valence-corrected chi connectivity index (χ2v) is 4.74. The van der Waals surface area contributed by atoms with E-state index < -0.39 is 5.92 Å². The number of methoxy groups -OCH3 is 1. The van der Waals surface area contributed by atoms with Gasteiger partial charge in [-0.05, 0) is 17.7 Å². The molecular weight excluding hydrogens is 258 g/mol. The molecule has 0 spiro atoms. The molecule has 1 atom stereocenters. The van der Waals surface area contributed by atoms with Crippen LogP contribution in [0.4, 0.5) is 0 Å². The van der Waals surface area contributed by atoms with Gasteiger partial charge in [0.15, 0.2) is 0 Å². The highest BCUT2D eigenvalue weighted by atomic mass is 35.5. The largest absolute Gasteiger partial charge is 0.468 e. The molecule has 0 bridgehead atoms. The van der Waals surface area contributed by atoms with Crippen LogP contribution in [0, 0.1) is 0 Å². The molecule has 0 aliphatic heterocycles. The van der Waals surface area contributed by atoms with Gasteiger partial charge >= 0.3 is 5.97 Å². The van der Waals surface area contributed by atoms with Crippen LogP contribution < -0.4 is 0 Å². The summed E-state index contributed by atoms with van der Waals surface area (Å²) in [6.45, 7) is 0. The van der Waals surface area contributed by atoms with Crippen molar-refractivity contribution in [2.45, 2.75) is 5.92 Å². The van der Waals surface area contributed by atoms with Crippen LogP contribution in [0.3, 0.4) is 0 Å². The summed E-state index contributed by atoms with van der Waals surface area (Å²) >= 11 is 7.25. The molecule has 0 saturated carbocycles. The molecule has 0 saturated heterocycles. The molecule has 1 unspecified atom stereocenters. The molecule has 2 rings (SSSR count). The number of thiazole rings is 1. The Morgan fingerprint density at radius 1 is 1.41 bits per heavy atom. The second-order valence-electron chi connectivity index (χ2n) is 3.38. The van der Waals surface area contributed by atoms with Crippen molar-refractivity contribution in [2.24, 2.45) is 0 Å². The number of esters is 1. The van der Waals surface area contributed by atoms with Gasteiger partial charge in [0, 0.05) is 16.6 Å². The first kappa shape index (κ1) is 12.1. The van der Waals surface area contributed by atoms with Gasteiger partial charge in [-0.25, -0.2) is 4.98 Å². The van der Waals surface area contributed by atoms with Gasteiger partial charge in [-0.3, -0.25) is 4.79 Å². The minimum Gasteiger partial charge on any atom is -0.468 e. The number of ether oxygens (including phenoxy) is 1. The summed E-state index contributed by atoms with van der Waals surface area (Å²) in [5, 5.41) is 3.19. The number of rotatable bonds is 3. The molecule has 1 heterocycles. The van der Waals surface area contributed by atoms with E-state index in [2.05, 4.69) is 4.98 Å². The van der Waals surface area contributed by atoms with Crippen molar-refractivity contribution >= 4 is 28.9 Å². The van der Waals surface area contributed by atoms with E-state index in [4.69, 9.17) is 16.3 Å². The summed E-state index contributed by atoms with van der Waals surface area (Å²) in [6.07, 6.45) is 1.67. The lowest BCUT2D eigenvalue weighted by atomic mass is 10.0. The maximum Gasteiger partial charge on any atom is 0.320 e. The number of benzene rings is 1. The third-order valence-electron chi connectivity index (χ3n) is 2.34. The summed E-state index contributed by atoms with van der Waals surface area (Å²) in [7, 11) is 1.37. The summed E-state index contributed by atoms with van der Waals surface area (Å²) < 4.78 is 4.82. The van der Waals surface area contributed by atoms with Crippen LogP contribution in [0.15, 0.2) is 35.8 Å². The Balaban J connectivity index is 2.40. The smallest absolute Gasteiger partial charge is 0.320 e. The maximum atomic E-state index is 11.8. The van der Waals surface area contributed by atoms with Crippen LogP contribution in [-0.2, 0) is 9.53 Å². The van der Waals surface area contributed by atoms with Crippen molar-refractivity contribution in [3.8, 4) is 0 Å². The molecule has 88 valence electrons. The SMILES string of the molecule is COC(=O)C(c1ccc(Cl)cc1)c1nccs1. The average molecular weight is 268 g/mol. The Morgan fingerprint density at radius 3 is 2.65 bits per heavy atom. The molecule has 1 aromatic heterocycles. The van der Waals surface area contributed by atoms with Gasteiger partial charge in [-0.1, -0.05) is 23.7 Å². The summed E-state index contributed by atoms with van der Waals surface area (Å²) in [4.78, 5) is 16.0. The molecule has 3 nitrogen and oxygen atoms in total. The Labute approximate surface area is 108 Å². The molecule has 0 aliphatic carbocycles. The van der Waals surface area contributed by atoms with Crippen LogP contribution in [0.25, 0.3) is 0 Å². The highest BCUT2D eigenvalue weighted by molar-refractivity contribution is 7.09. The quantitative estimate of drug-likeness (QED) is 0.802. The van der Waals surface area contributed by atoms with E-state index >= 15 is 0 Å². The zero-order valence-electron chi connectivity index (χ0n) is 9.09. The molecule has 0 radical (unpaired) electrons. The fraction of sp³-hybridized carbons (Fsp3) is 0.167. The van der Waals surface area contributed by atoms with Crippen LogP contribution in [-0.4, -0.2) is 18.1 Å². The number of carbonyl (C=O) groups is 1. The summed E-state index contributed by atoms with van der Waals surface area (Å²) in [6, 6.07) is 7.12. The minimum atomic E-state index is -0.475. The Morgan fingerprint density at radius 2 is 2.12 bits per heavy atom. The van der Waals surface area contributed by atoms with Gasteiger partial charge in [0.2, 0.25) is 0 Å². The van der Waals surface area contributed by atoms with Crippen LogP contribution >= 0.6 is 22.9 Å². The van der Waals surface area contributed by atoms with Gasteiger partial charge in [0.05, 0.1) is 7.11 Å². The predicted octanol–water partition coefficient (Wildman–Crippen LogP) is 3.10. The number of aromatic nitrogens is 1. The lowest BCUT2D eigenvalue weighted by Crippen LogP contribution is -2.15. The van der Waals surface area contributed by atoms with E-state index in [1.165, 1.54) is 18.4 Å². The van der Waals surface area contributed by atoms with Crippen molar-refractivity contribution in [1.29, 1.82) is 0 Å². The van der Waals surface area contributed by atoms with Crippen molar-refractivity contribution in [3.05, 3.63) is 51.4 Å². The van der Waals surface area contributed by atoms with E-state index in [-0.39, 0.29) is 5.97 Å². The number of nitrogens with zero attached hydrogens (tertiary/aromatic N) is 1. The molecule has 1 aromatic carbocycles. The number of hydrogen-bond acceptors (Lipinski definition) is 4. The molecular formula is C12H10ClNO2S. The highest BCUT2D eigenvalue weighted by Crippen LogP contribution is 2.28. The van der Waals surface area contributed by atoms with Gasteiger partial charge in [0.25, 0.3) is 0 Å². The van der Waals surface area contributed by atoms with Gasteiger partial charge in [-0.2, -0.15) is 0 Å². The van der Waals surface area contributed by atoms with Crippen molar-refractivity contribution in [3.63, 3.8) is 0 Å². The molecule has 0 fully saturated rings. The summed E-state index contributed by atoms with van der Waals surface area (Å²) in [5.41, 5.74) is 0.830. The van der Waals surface area contributed by atoms with Crippen molar-refractivity contribution < 1.29 is 9.53 Å². The Hall–Kier alpha value is -1.39. The van der Waals surface area contributed by atoms with Crippen LogP contribution in [0.5, 0.6) is 0 Å². The first-order valence-electron chi connectivity index (χ1n) is 4.95. The lowest BCUT2D eigenvalue weighted by molar-refractivity contribution is -0.141. The topological polar surface area (TPSA) is 39.2 Å². The Kier molecular flexibility index (Phi) is 3.76. The minimum absolute atomic E-state index is 0.317. The van der Waals surface area contributed by atoms with Crippen LogP contribution in [0.2, 0.25) is 5.02 Å². The van der Waals surface area contributed by atoms with Crippen molar-refractivity contribution in [2.75, 3.05) is 7.11 Å². The number of hydrogen-bond donors (Lipinski definition) is 0. The Bertz CT molecular complexity index is 496. The fourth-order valence-electron chi connectivity index (χ4n) is 1.53. The monoisotopic (exact) mass is 267 g/mol. The first-order valence-corrected chi connectivity index (χ1v) is 6.21. The number of carbonyl (C=O) groups excluding carboxylic acids is 1. The second kappa shape index (κ2) is 5.29. The standard InChI is InChI=1S/C12H10ClNO2S/c1-16-12(15)10(11-14-6-7-17-11)8-2-4-9(13)5-3-8/h2-7,10H,1H3. The van der Waals surface area contributed by atoms with Gasteiger partial charge < -0.3 is 4.74 Å². The molecule has 0 aliphatic rings. The summed E-state index contributed by atoms with van der Waals surface area (Å²) in [5.74, 6) is -0.792. The molecule has 17 heavy (non-hydrogen) atoms. The predicted molar refractivity (Wildman–Crippen MR) is 67.4 cm³/mol. The maximum absolute atomic E-state index is 11.8.